The number of carbonyl (C=O) groups is 2. The molecule has 1 saturated heterocycles. The Bertz CT molecular complexity index is 1450. The first-order valence-electron chi connectivity index (χ1n) is 11.5. The van der Waals surface area contributed by atoms with Crippen LogP contribution in [-0.4, -0.2) is 38.2 Å². The third kappa shape index (κ3) is 6.58. The number of nitrogens with zero attached hydrogens (tertiary/aromatic N) is 1. The summed E-state index contributed by atoms with van der Waals surface area (Å²) in [6.07, 6.45) is 1.23. The van der Waals surface area contributed by atoms with E-state index in [2.05, 4.69) is 41.9 Å². The van der Waals surface area contributed by atoms with Gasteiger partial charge in [-0.2, -0.15) is 0 Å². The lowest BCUT2D eigenvalue weighted by Gasteiger charge is -2.32. The van der Waals surface area contributed by atoms with E-state index in [1.165, 1.54) is 18.2 Å². The maximum Gasteiger partial charge on any atom is 0.264 e. The Hall–Kier alpha value is -2.76. The van der Waals surface area contributed by atoms with Crippen molar-refractivity contribution in [2.24, 2.45) is 5.92 Å². The second kappa shape index (κ2) is 11.3. The van der Waals surface area contributed by atoms with Gasteiger partial charge < -0.3 is 10.2 Å². The highest BCUT2D eigenvalue weighted by Crippen LogP contribution is 2.26. The van der Waals surface area contributed by atoms with E-state index < -0.39 is 26.7 Å². The smallest absolute Gasteiger partial charge is 0.264 e. The first-order chi connectivity index (χ1) is 17.5. The summed E-state index contributed by atoms with van der Waals surface area (Å²) in [7, 11) is -4.25. The van der Waals surface area contributed by atoms with E-state index in [1.807, 2.05) is 13.0 Å². The Labute approximate surface area is 231 Å². The van der Waals surface area contributed by atoms with Crippen LogP contribution in [0.3, 0.4) is 0 Å². The van der Waals surface area contributed by atoms with E-state index in [0.717, 1.165) is 26.6 Å². The number of carbonyl (C=O) groups excluding carboxylic acids is 2. The molecular weight excluding hydrogens is 629 g/mol. The average molecular weight is 653 g/mol. The standard InChI is InChI=1S/C26H24Br2FN3O4S/c1-16-13-19(28)6-10-22(16)26(34)32-12-2-3-17(15-32)25(33)30-21-9-11-23(29)24(14-21)37(35,36)31-20-7-4-18(27)5-8-20/h4-11,13-14,17,31H,2-3,12,15H2,1H3,(H,30,33). The molecule has 0 aromatic heterocycles. The fourth-order valence-electron chi connectivity index (χ4n) is 4.17. The first-order valence-corrected chi connectivity index (χ1v) is 14.5. The van der Waals surface area contributed by atoms with Crippen LogP contribution in [0.15, 0.2) is 74.5 Å². The van der Waals surface area contributed by atoms with Gasteiger partial charge in [0.1, 0.15) is 10.7 Å². The van der Waals surface area contributed by atoms with Crippen LogP contribution in [0, 0.1) is 18.7 Å². The number of hydrogen-bond donors (Lipinski definition) is 2. The summed E-state index contributed by atoms with van der Waals surface area (Å²) in [5.41, 5.74) is 1.83. The summed E-state index contributed by atoms with van der Waals surface area (Å²) in [6, 6.07) is 15.2. The predicted molar refractivity (Wildman–Crippen MR) is 147 cm³/mol. The number of amides is 2. The fourth-order valence-corrected chi connectivity index (χ4v) is 6.08. The Morgan fingerprint density at radius 2 is 1.65 bits per heavy atom. The number of anilines is 2. The van der Waals surface area contributed by atoms with Gasteiger partial charge in [0.25, 0.3) is 15.9 Å². The van der Waals surface area contributed by atoms with E-state index >= 15 is 0 Å². The van der Waals surface area contributed by atoms with E-state index in [1.54, 1.807) is 29.2 Å². The van der Waals surface area contributed by atoms with Crippen molar-refractivity contribution in [2.75, 3.05) is 23.1 Å². The molecule has 4 rings (SSSR count). The SMILES string of the molecule is Cc1cc(Br)ccc1C(=O)N1CCCC(C(=O)Nc2ccc(F)c(S(=O)(=O)Nc3ccc(Br)cc3)c2)C1. The van der Waals surface area contributed by atoms with Gasteiger partial charge >= 0.3 is 0 Å². The largest absolute Gasteiger partial charge is 0.338 e. The van der Waals surface area contributed by atoms with Crippen molar-refractivity contribution < 1.29 is 22.4 Å². The minimum atomic E-state index is -4.25. The number of nitrogens with one attached hydrogen (secondary N) is 2. The number of hydrogen-bond acceptors (Lipinski definition) is 4. The second-order valence-corrected chi connectivity index (χ2v) is 12.3. The van der Waals surface area contributed by atoms with Gasteiger partial charge in [-0.15, -0.1) is 0 Å². The summed E-state index contributed by atoms with van der Waals surface area (Å²) < 4.78 is 44.1. The van der Waals surface area contributed by atoms with E-state index in [0.29, 0.717) is 24.9 Å². The topological polar surface area (TPSA) is 95.6 Å². The highest BCUT2D eigenvalue weighted by molar-refractivity contribution is 9.10. The summed E-state index contributed by atoms with van der Waals surface area (Å²) in [6.45, 7) is 2.63. The van der Waals surface area contributed by atoms with Crippen molar-refractivity contribution in [3.05, 3.63) is 86.6 Å². The third-order valence-corrected chi connectivity index (χ3v) is 8.50. The fraction of sp³-hybridized carbons (Fsp3) is 0.231. The van der Waals surface area contributed by atoms with Crippen molar-refractivity contribution in [3.63, 3.8) is 0 Å². The molecule has 1 aliphatic rings. The van der Waals surface area contributed by atoms with Crippen molar-refractivity contribution in [1.29, 1.82) is 0 Å². The van der Waals surface area contributed by atoms with Gasteiger partial charge in [0, 0.05) is 39.0 Å². The molecule has 11 heteroatoms. The molecule has 0 bridgehead atoms. The van der Waals surface area contributed by atoms with Crippen molar-refractivity contribution in [3.8, 4) is 0 Å². The van der Waals surface area contributed by atoms with Gasteiger partial charge in [0.05, 0.1) is 5.92 Å². The van der Waals surface area contributed by atoms with Gasteiger partial charge in [0.15, 0.2) is 0 Å². The summed E-state index contributed by atoms with van der Waals surface area (Å²) in [4.78, 5) is 27.2. The molecule has 7 nitrogen and oxygen atoms in total. The number of sulfonamides is 1. The van der Waals surface area contributed by atoms with Gasteiger partial charge in [-0.25, -0.2) is 12.8 Å². The minimum Gasteiger partial charge on any atom is -0.338 e. The molecule has 0 radical (unpaired) electrons. The number of piperidine rings is 1. The highest BCUT2D eigenvalue weighted by Gasteiger charge is 2.30. The summed E-state index contributed by atoms with van der Waals surface area (Å²) >= 11 is 6.67. The molecular formula is C26H24Br2FN3O4S. The van der Waals surface area contributed by atoms with Gasteiger partial charge in [-0.05, 0) is 86.0 Å². The number of benzene rings is 3. The second-order valence-electron chi connectivity index (χ2n) is 8.80. The van der Waals surface area contributed by atoms with Crippen LogP contribution in [0.5, 0.6) is 0 Å². The molecule has 1 aliphatic heterocycles. The summed E-state index contributed by atoms with van der Waals surface area (Å²) in [5, 5.41) is 2.69. The molecule has 2 N–H and O–H groups in total. The highest BCUT2D eigenvalue weighted by atomic mass is 79.9. The van der Waals surface area contributed by atoms with Crippen molar-refractivity contribution in [1.82, 2.24) is 4.90 Å². The van der Waals surface area contributed by atoms with Crippen LogP contribution in [-0.2, 0) is 14.8 Å². The number of aryl methyl sites for hydroxylation is 1. The molecule has 3 aromatic carbocycles. The maximum absolute atomic E-state index is 14.5. The molecule has 37 heavy (non-hydrogen) atoms. The Balaban J connectivity index is 1.47. The third-order valence-electron chi connectivity index (χ3n) is 6.08. The molecule has 2 amide bonds. The molecule has 0 saturated carbocycles. The molecule has 1 fully saturated rings. The van der Waals surface area contributed by atoms with Crippen LogP contribution in [0.1, 0.15) is 28.8 Å². The average Bonchev–Trinajstić information content (AvgIpc) is 2.86. The van der Waals surface area contributed by atoms with Crippen LogP contribution in [0.4, 0.5) is 15.8 Å². The zero-order valence-corrected chi connectivity index (χ0v) is 23.8. The monoisotopic (exact) mass is 651 g/mol. The Morgan fingerprint density at radius 3 is 2.35 bits per heavy atom. The number of halogens is 3. The van der Waals surface area contributed by atoms with Crippen molar-refractivity contribution >= 4 is 65.1 Å². The zero-order valence-electron chi connectivity index (χ0n) is 19.8. The summed E-state index contributed by atoms with van der Waals surface area (Å²) in [5.74, 6) is -1.93. The molecule has 0 spiro atoms. The predicted octanol–water partition coefficient (Wildman–Crippen LogP) is 5.95. The lowest BCUT2D eigenvalue weighted by Crippen LogP contribution is -2.44. The lowest BCUT2D eigenvalue weighted by atomic mass is 9.96. The van der Waals surface area contributed by atoms with E-state index in [4.69, 9.17) is 0 Å². The minimum absolute atomic E-state index is 0.142. The lowest BCUT2D eigenvalue weighted by molar-refractivity contribution is -0.121. The van der Waals surface area contributed by atoms with E-state index in [9.17, 15) is 22.4 Å². The molecule has 0 aliphatic carbocycles. The van der Waals surface area contributed by atoms with Gasteiger partial charge in [-0.3, -0.25) is 14.3 Å². The number of likely N-dealkylation sites (tertiary alicyclic amines) is 1. The zero-order chi connectivity index (χ0) is 26.7. The maximum atomic E-state index is 14.5. The van der Waals surface area contributed by atoms with Gasteiger partial charge in [-0.1, -0.05) is 31.9 Å². The Morgan fingerprint density at radius 1 is 0.973 bits per heavy atom. The molecule has 3 aromatic rings. The molecule has 1 atom stereocenters. The van der Waals surface area contributed by atoms with Gasteiger partial charge in [0.2, 0.25) is 5.91 Å². The quantitative estimate of drug-likeness (QED) is 0.344. The first kappa shape index (κ1) is 27.3. The van der Waals surface area contributed by atoms with Crippen LogP contribution in [0.25, 0.3) is 0 Å². The number of rotatable bonds is 6. The Kier molecular flexibility index (Phi) is 8.35. The molecule has 1 unspecified atom stereocenters. The van der Waals surface area contributed by atoms with Crippen LogP contribution < -0.4 is 10.0 Å². The normalized spacial score (nSPS) is 15.8. The van der Waals surface area contributed by atoms with E-state index in [-0.39, 0.29) is 29.7 Å². The molecule has 194 valence electrons. The van der Waals surface area contributed by atoms with Crippen LogP contribution in [0.2, 0.25) is 0 Å². The van der Waals surface area contributed by atoms with Crippen molar-refractivity contribution in [2.45, 2.75) is 24.7 Å². The van der Waals surface area contributed by atoms with Crippen LogP contribution >= 0.6 is 31.9 Å². The molecule has 1 heterocycles.